The molecule has 5 nitrogen and oxygen atoms in total. The lowest BCUT2D eigenvalue weighted by molar-refractivity contribution is -0.933. The molecule has 6 heteroatoms. The van der Waals surface area contributed by atoms with E-state index in [1.54, 1.807) is 26.4 Å². The van der Waals surface area contributed by atoms with Gasteiger partial charge in [-0.2, -0.15) is 0 Å². The molecule has 2 N–H and O–H groups in total. The highest BCUT2D eigenvalue weighted by Crippen LogP contribution is 2.35. The van der Waals surface area contributed by atoms with Gasteiger partial charge in [0.05, 0.1) is 43.9 Å². The van der Waals surface area contributed by atoms with Crippen LogP contribution in [0.1, 0.15) is 41.4 Å². The minimum atomic E-state index is -0.152. The number of benzene rings is 2. The highest BCUT2D eigenvalue weighted by atomic mass is 35.5. The van der Waals surface area contributed by atoms with Gasteiger partial charge in [0.1, 0.15) is 6.04 Å². The Morgan fingerprint density at radius 3 is 2.57 bits per heavy atom. The summed E-state index contributed by atoms with van der Waals surface area (Å²) in [5.41, 5.74) is 2.95. The number of likely N-dealkylation sites (N-methyl/N-ethyl adjacent to an activating group) is 1. The van der Waals surface area contributed by atoms with Crippen LogP contribution in [0.25, 0.3) is 0 Å². The van der Waals surface area contributed by atoms with Crippen molar-refractivity contribution in [3.05, 3.63) is 58.1 Å². The summed E-state index contributed by atoms with van der Waals surface area (Å²) in [5, 5.41) is 3.62. The smallest absolute Gasteiger partial charge is 0.253 e. The molecule has 2 aromatic rings. The number of nitrogens with one attached hydrogen (secondary N) is 2. The lowest BCUT2D eigenvalue weighted by atomic mass is 9.88. The van der Waals surface area contributed by atoms with E-state index in [9.17, 15) is 4.79 Å². The highest BCUT2D eigenvalue weighted by Gasteiger charge is 2.36. The van der Waals surface area contributed by atoms with Crippen LogP contribution in [0.3, 0.4) is 0 Å². The SMILES string of the molecule is CC[NH+]1CCc2cc(OC)c(OC)cc2[C@@H]1[C@@H](C)NC(=O)c1ccccc1Cl. The first-order chi connectivity index (χ1) is 13.5. The minimum Gasteiger partial charge on any atom is -0.493 e. The summed E-state index contributed by atoms with van der Waals surface area (Å²) in [7, 11) is 3.30. The van der Waals surface area contributed by atoms with E-state index < -0.39 is 0 Å². The number of carbonyl (C=O) groups excluding carboxylic acids is 1. The van der Waals surface area contributed by atoms with Gasteiger partial charge >= 0.3 is 0 Å². The van der Waals surface area contributed by atoms with Gasteiger partial charge in [-0.3, -0.25) is 4.79 Å². The average molecular weight is 404 g/mol. The maximum atomic E-state index is 12.8. The van der Waals surface area contributed by atoms with Crippen LogP contribution in [-0.4, -0.2) is 39.3 Å². The van der Waals surface area contributed by atoms with Crippen molar-refractivity contribution in [1.82, 2.24) is 5.32 Å². The van der Waals surface area contributed by atoms with Crippen molar-refractivity contribution in [2.24, 2.45) is 0 Å². The second-order valence-corrected chi connectivity index (χ2v) is 7.54. The molecule has 150 valence electrons. The number of hydrogen-bond acceptors (Lipinski definition) is 3. The van der Waals surface area contributed by atoms with E-state index in [2.05, 4.69) is 31.3 Å². The van der Waals surface area contributed by atoms with Crippen molar-refractivity contribution in [1.29, 1.82) is 0 Å². The van der Waals surface area contributed by atoms with Crippen LogP contribution in [0.4, 0.5) is 0 Å². The van der Waals surface area contributed by atoms with E-state index in [-0.39, 0.29) is 18.0 Å². The van der Waals surface area contributed by atoms with E-state index in [4.69, 9.17) is 21.1 Å². The Kier molecular flexibility index (Phi) is 6.47. The number of amides is 1. The topological polar surface area (TPSA) is 52.0 Å². The number of methoxy groups -OCH3 is 2. The zero-order valence-electron chi connectivity index (χ0n) is 16.8. The molecule has 0 aromatic heterocycles. The zero-order chi connectivity index (χ0) is 20.3. The Labute approximate surface area is 171 Å². The Morgan fingerprint density at radius 1 is 1.25 bits per heavy atom. The number of quaternary nitrogens is 1. The molecular weight excluding hydrogens is 376 g/mol. The summed E-state index contributed by atoms with van der Waals surface area (Å²) in [6.45, 7) is 6.22. The van der Waals surface area contributed by atoms with Gasteiger partial charge in [0.25, 0.3) is 5.91 Å². The van der Waals surface area contributed by atoms with E-state index in [0.29, 0.717) is 16.3 Å². The molecule has 1 aliphatic rings. The summed E-state index contributed by atoms with van der Waals surface area (Å²) in [5.74, 6) is 1.31. The van der Waals surface area contributed by atoms with Crippen molar-refractivity contribution in [2.45, 2.75) is 32.4 Å². The first-order valence-electron chi connectivity index (χ1n) is 9.64. The van der Waals surface area contributed by atoms with Crippen LogP contribution < -0.4 is 19.7 Å². The molecule has 1 amide bonds. The second kappa shape index (κ2) is 8.84. The van der Waals surface area contributed by atoms with Gasteiger partial charge in [0.2, 0.25) is 0 Å². The van der Waals surface area contributed by atoms with Gasteiger partial charge in [0, 0.05) is 12.0 Å². The molecule has 0 saturated carbocycles. The monoisotopic (exact) mass is 403 g/mol. The summed E-state index contributed by atoms with van der Waals surface area (Å²) < 4.78 is 11.0. The third kappa shape index (κ3) is 3.96. The quantitative estimate of drug-likeness (QED) is 0.779. The standard InChI is InChI=1S/C22H27ClN2O3/c1-5-25-11-10-15-12-19(27-3)20(28-4)13-17(15)21(25)14(2)24-22(26)16-8-6-7-9-18(16)23/h6-9,12-14,21H,5,10-11H2,1-4H3,(H,24,26)/p+1/t14-,21+/m1/s1. The predicted molar refractivity (Wildman–Crippen MR) is 111 cm³/mol. The maximum absolute atomic E-state index is 12.8. The fourth-order valence-corrected chi connectivity index (χ4v) is 4.37. The molecule has 1 unspecified atom stereocenters. The summed E-state index contributed by atoms with van der Waals surface area (Å²) in [6.07, 6.45) is 0.973. The van der Waals surface area contributed by atoms with Crippen molar-refractivity contribution < 1.29 is 19.2 Å². The van der Waals surface area contributed by atoms with Gasteiger partial charge in [-0.25, -0.2) is 0 Å². The van der Waals surface area contributed by atoms with E-state index in [1.807, 2.05) is 12.1 Å². The van der Waals surface area contributed by atoms with Crippen LogP contribution in [0.5, 0.6) is 11.5 Å². The molecule has 0 bridgehead atoms. The van der Waals surface area contributed by atoms with Crippen molar-refractivity contribution >= 4 is 17.5 Å². The molecule has 3 rings (SSSR count). The molecule has 0 aliphatic carbocycles. The van der Waals surface area contributed by atoms with Crippen molar-refractivity contribution in [3.8, 4) is 11.5 Å². The molecule has 0 saturated heterocycles. The Balaban J connectivity index is 1.93. The molecule has 2 aromatic carbocycles. The largest absolute Gasteiger partial charge is 0.493 e. The molecule has 0 spiro atoms. The fourth-order valence-electron chi connectivity index (χ4n) is 4.15. The lowest BCUT2D eigenvalue weighted by Crippen LogP contribution is -3.14. The first-order valence-corrected chi connectivity index (χ1v) is 10.0. The van der Waals surface area contributed by atoms with Crippen LogP contribution in [0.15, 0.2) is 36.4 Å². The Bertz CT molecular complexity index is 856. The number of hydrogen-bond donors (Lipinski definition) is 2. The fraction of sp³-hybridized carbons (Fsp3) is 0.409. The molecule has 0 radical (unpaired) electrons. The van der Waals surface area contributed by atoms with Crippen molar-refractivity contribution in [2.75, 3.05) is 27.3 Å². The Hall–Kier alpha value is -2.24. The van der Waals surface area contributed by atoms with Gasteiger partial charge in [-0.15, -0.1) is 0 Å². The van der Waals surface area contributed by atoms with E-state index in [0.717, 1.165) is 25.3 Å². The number of carbonyl (C=O) groups is 1. The predicted octanol–water partition coefficient (Wildman–Crippen LogP) is 2.68. The number of halogens is 1. The molecule has 1 heterocycles. The molecule has 28 heavy (non-hydrogen) atoms. The third-order valence-electron chi connectivity index (χ3n) is 5.57. The summed E-state index contributed by atoms with van der Waals surface area (Å²) in [4.78, 5) is 14.2. The summed E-state index contributed by atoms with van der Waals surface area (Å²) in [6, 6.07) is 11.3. The average Bonchev–Trinajstić information content (AvgIpc) is 2.71. The Morgan fingerprint density at radius 2 is 1.93 bits per heavy atom. The summed E-state index contributed by atoms with van der Waals surface area (Å²) >= 11 is 6.20. The highest BCUT2D eigenvalue weighted by molar-refractivity contribution is 6.33. The van der Waals surface area contributed by atoms with Gasteiger partial charge in [0.15, 0.2) is 11.5 Å². The second-order valence-electron chi connectivity index (χ2n) is 7.14. The number of ether oxygens (including phenoxy) is 2. The van der Waals surface area contributed by atoms with E-state index in [1.165, 1.54) is 16.0 Å². The van der Waals surface area contributed by atoms with Gasteiger partial charge < -0.3 is 19.7 Å². The molecular formula is C22H28ClN2O3+. The first kappa shape index (κ1) is 20.5. The molecule has 3 atom stereocenters. The van der Waals surface area contributed by atoms with Gasteiger partial charge in [-0.05, 0) is 43.7 Å². The minimum absolute atomic E-state index is 0.0733. The van der Waals surface area contributed by atoms with Crippen LogP contribution in [0.2, 0.25) is 5.02 Å². The van der Waals surface area contributed by atoms with E-state index >= 15 is 0 Å². The van der Waals surface area contributed by atoms with Gasteiger partial charge in [-0.1, -0.05) is 23.7 Å². The zero-order valence-corrected chi connectivity index (χ0v) is 17.6. The molecule has 0 fully saturated rings. The molecule has 1 aliphatic heterocycles. The van der Waals surface area contributed by atoms with Crippen LogP contribution in [-0.2, 0) is 6.42 Å². The normalized spacial score (nSPS) is 19.5. The van der Waals surface area contributed by atoms with Crippen molar-refractivity contribution in [3.63, 3.8) is 0 Å². The van der Waals surface area contributed by atoms with Crippen LogP contribution in [0, 0.1) is 0 Å². The van der Waals surface area contributed by atoms with Crippen LogP contribution >= 0.6 is 11.6 Å². The number of fused-ring (bicyclic) bond motifs is 1. The third-order valence-corrected chi connectivity index (χ3v) is 5.90. The maximum Gasteiger partial charge on any atom is 0.253 e. The number of rotatable bonds is 6. The lowest BCUT2D eigenvalue weighted by Gasteiger charge is -2.37.